The summed E-state index contributed by atoms with van der Waals surface area (Å²) in [5.74, 6) is -3.91. The van der Waals surface area contributed by atoms with Gasteiger partial charge in [0.2, 0.25) is 0 Å². The van der Waals surface area contributed by atoms with Gasteiger partial charge in [-0.3, -0.25) is 14.4 Å². The number of carboxylic acid groups (broad SMARTS) is 3. The summed E-state index contributed by atoms with van der Waals surface area (Å²) >= 11 is 0. The molecule has 10 nitrogen and oxygen atoms in total. The number of nitrogens with two attached hydrogens (primary N) is 2. The summed E-state index contributed by atoms with van der Waals surface area (Å²) in [5, 5.41) is 26.5. The number of hydrogen-bond acceptors (Lipinski definition) is 8. The first-order valence-corrected chi connectivity index (χ1v) is 11.4. The van der Waals surface area contributed by atoms with Gasteiger partial charge < -0.3 is 36.3 Å². The third kappa shape index (κ3) is 28.8. The fourth-order valence-corrected chi connectivity index (χ4v) is 2.66. The Labute approximate surface area is 219 Å². The molecule has 188 valence electrons. The van der Waals surface area contributed by atoms with E-state index in [1.54, 1.807) is 0 Å². The number of hydrogen-bond donors (Lipinski definition) is 4. The van der Waals surface area contributed by atoms with E-state index in [1.165, 1.54) is 51.4 Å². The van der Waals surface area contributed by atoms with Gasteiger partial charge >= 0.3 is 47.5 Å². The van der Waals surface area contributed by atoms with Crippen molar-refractivity contribution in [1.29, 1.82) is 0 Å². The van der Waals surface area contributed by atoms with Crippen molar-refractivity contribution in [2.45, 2.75) is 109 Å². The molecule has 0 saturated heterocycles. The van der Waals surface area contributed by atoms with Gasteiger partial charge in [-0.25, -0.2) is 0 Å². The first-order valence-electron chi connectivity index (χ1n) is 11.4. The fraction of sp³-hybridized carbons (Fsp3) is 0.818. The van der Waals surface area contributed by atoms with Gasteiger partial charge in [-0.15, -0.1) is 0 Å². The van der Waals surface area contributed by atoms with Crippen LogP contribution in [0.3, 0.4) is 0 Å². The third-order valence-corrected chi connectivity index (χ3v) is 4.69. The zero-order chi connectivity index (χ0) is 24.8. The van der Waals surface area contributed by atoms with Crippen LogP contribution in [0.5, 0.6) is 0 Å². The van der Waals surface area contributed by atoms with Gasteiger partial charge in [-0.1, -0.05) is 64.7 Å². The zero-order valence-corrected chi connectivity index (χ0v) is 22.3. The summed E-state index contributed by atoms with van der Waals surface area (Å²) in [6, 6.07) is -1.99. The third-order valence-electron chi connectivity index (χ3n) is 4.69. The van der Waals surface area contributed by atoms with Crippen molar-refractivity contribution < 1.29 is 68.8 Å². The molecule has 33 heavy (non-hydrogen) atoms. The van der Waals surface area contributed by atoms with E-state index in [1.807, 2.05) is 0 Å². The average molecular weight is 485 g/mol. The van der Waals surface area contributed by atoms with E-state index in [2.05, 4.69) is 6.92 Å². The van der Waals surface area contributed by atoms with Crippen LogP contribution in [0.25, 0.3) is 0 Å². The average Bonchev–Trinajstić information content (AvgIpc) is 2.74. The zero-order valence-electron chi connectivity index (χ0n) is 20.3. The van der Waals surface area contributed by atoms with E-state index < -0.39 is 36.0 Å². The van der Waals surface area contributed by atoms with E-state index in [0.717, 1.165) is 12.8 Å². The van der Waals surface area contributed by atoms with Gasteiger partial charge in [-0.05, 0) is 19.3 Å². The molecule has 6 N–H and O–H groups in total. The number of esters is 1. The maximum atomic E-state index is 11.5. The van der Waals surface area contributed by atoms with Crippen LogP contribution in [0.15, 0.2) is 0 Å². The van der Waals surface area contributed by atoms with Crippen molar-refractivity contribution in [3.8, 4) is 0 Å². The molecule has 11 heteroatoms. The van der Waals surface area contributed by atoms with Crippen LogP contribution >= 0.6 is 0 Å². The second kappa shape index (κ2) is 25.4. The minimum atomic E-state index is -1.42. The Morgan fingerprint density at radius 3 is 1.55 bits per heavy atom. The normalized spacial score (nSPS) is 11.8. The number of rotatable bonds is 19. The van der Waals surface area contributed by atoms with Crippen molar-refractivity contribution in [1.82, 2.24) is 0 Å². The van der Waals surface area contributed by atoms with Crippen molar-refractivity contribution in [3.05, 3.63) is 0 Å². The molecule has 0 saturated carbocycles. The minimum Gasteiger partial charge on any atom is -0.548 e. The van der Waals surface area contributed by atoms with Crippen LogP contribution in [0.1, 0.15) is 96.8 Å². The van der Waals surface area contributed by atoms with Crippen molar-refractivity contribution in [3.63, 3.8) is 0 Å². The monoisotopic (exact) mass is 484 g/mol. The Hall–Kier alpha value is -1.20. The molecule has 0 radical (unpaired) electrons. The molecule has 0 aromatic heterocycles. The number of ether oxygens (including phenoxy) is 1. The number of carbonyl (C=O) groups is 4. The largest absolute Gasteiger partial charge is 1.00 e. The molecule has 0 spiro atoms. The number of aliphatic carboxylic acids is 3. The van der Waals surface area contributed by atoms with Gasteiger partial charge in [0.25, 0.3) is 0 Å². The van der Waals surface area contributed by atoms with Crippen LogP contribution < -0.4 is 46.1 Å². The Bertz CT molecular complexity index is 535. The smallest absolute Gasteiger partial charge is 0.548 e. The molecular formula is C22H41N2NaO8. The molecule has 0 unspecified atom stereocenters. The summed E-state index contributed by atoms with van der Waals surface area (Å²) < 4.78 is 5.05. The Kier molecular flexibility index (Phi) is 28.0. The summed E-state index contributed by atoms with van der Waals surface area (Å²) in [6.45, 7) is 2.61. The molecule has 0 heterocycles. The van der Waals surface area contributed by atoms with Crippen molar-refractivity contribution in [2.75, 3.05) is 6.61 Å². The number of carboxylic acids is 3. The molecule has 0 aliphatic rings. The summed E-state index contributed by atoms with van der Waals surface area (Å²) in [6.07, 6.45) is 12.0. The first kappa shape index (κ1) is 36.4. The fourth-order valence-electron chi connectivity index (χ4n) is 2.66. The Morgan fingerprint density at radius 1 is 0.758 bits per heavy atom. The van der Waals surface area contributed by atoms with Gasteiger partial charge in [0.1, 0.15) is 6.04 Å². The first-order chi connectivity index (χ1) is 15.1. The standard InChI is InChI=1S/C17H33NO4.C5H9NO4.Na/c1-2-3-4-5-6-7-8-9-10-11-14-22-17(21)15(18)12-13-16(19)20;6-3(5(9)10)1-2-4(7)8;/h15H,2-14,18H2,1H3,(H,19,20);3H,1-2,6H2,(H,7,8)(H,9,10);/q;;+1/p-1/t15-;3-;/m00./s1. The summed E-state index contributed by atoms with van der Waals surface area (Å²) in [7, 11) is 0. The summed E-state index contributed by atoms with van der Waals surface area (Å²) in [5.41, 5.74) is 10.5. The van der Waals surface area contributed by atoms with E-state index in [0.29, 0.717) is 6.61 Å². The van der Waals surface area contributed by atoms with E-state index in [9.17, 15) is 24.3 Å². The topological polar surface area (TPSA) is 193 Å². The van der Waals surface area contributed by atoms with Gasteiger partial charge in [-0.2, -0.15) is 0 Å². The molecule has 0 aromatic carbocycles. The quantitative estimate of drug-likeness (QED) is 0.0959. The number of unbranched alkanes of at least 4 members (excludes halogenated alkanes) is 9. The van der Waals surface area contributed by atoms with Crippen LogP contribution in [-0.4, -0.2) is 52.8 Å². The van der Waals surface area contributed by atoms with Gasteiger partial charge in [0, 0.05) is 18.9 Å². The van der Waals surface area contributed by atoms with Crippen LogP contribution in [0, 0.1) is 0 Å². The molecule has 0 rings (SSSR count). The van der Waals surface area contributed by atoms with E-state index >= 15 is 0 Å². The Morgan fingerprint density at radius 2 is 1.15 bits per heavy atom. The SMILES string of the molecule is CCCCCCCCCCCCOC(=O)[C@@H](N)CCC(=O)O.N[C@@H](CCC(=O)O)C(=O)[O-].[Na+]. The predicted molar refractivity (Wildman–Crippen MR) is 118 cm³/mol. The second-order valence-corrected chi connectivity index (χ2v) is 7.75. The molecule has 0 amide bonds. The van der Waals surface area contributed by atoms with Gasteiger partial charge in [0.05, 0.1) is 12.6 Å². The molecule has 2 atom stereocenters. The molecule has 0 aliphatic heterocycles. The summed E-state index contributed by atoms with van der Waals surface area (Å²) in [4.78, 5) is 41.6. The van der Waals surface area contributed by atoms with E-state index in [-0.39, 0.29) is 55.2 Å². The van der Waals surface area contributed by atoms with Crippen molar-refractivity contribution >= 4 is 23.9 Å². The predicted octanol–water partition coefficient (Wildman–Crippen LogP) is -1.42. The minimum absolute atomic E-state index is 0. The molecule has 0 fully saturated rings. The Balaban J connectivity index is -0.000000690. The second-order valence-electron chi connectivity index (χ2n) is 7.75. The molecular weight excluding hydrogens is 443 g/mol. The molecule has 0 bridgehead atoms. The van der Waals surface area contributed by atoms with Crippen LogP contribution in [0.4, 0.5) is 0 Å². The molecule has 0 aliphatic carbocycles. The van der Waals surface area contributed by atoms with Crippen LogP contribution in [-0.2, 0) is 23.9 Å². The maximum absolute atomic E-state index is 11.5. The van der Waals surface area contributed by atoms with E-state index in [4.69, 9.17) is 26.4 Å². The van der Waals surface area contributed by atoms with Crippen molar-refractivity contribution in [2.24, 2.45) is 11.5 Å². The number of carbonyl (C=O) groups excluding carboxylic acids is 2. The van der Waals surface area contributed by atoms with Gasteiger partial charge in [0.15, 0.2) is 0 Å². The van der Waals surface area contributed by atoms with Crippen LogP contribution in [0.2, 0.25) is 0 Å². The maximum Gasteiger partial charge on any atom is 1.00 e. The molecule has 0 aromatic rings.